The van der Waals surface area contributed by atoms with Crippen LogP contribution in [0.15, 0.2) is 18.2 Å². The number of Topliss-reactive ketones (excluding diaryl/α,β-unsaturated/α-hetero) is 1. The summed E-state index contributed by atoms with van der Waals surface area (Å²) in [6.45, 7) is 3.60. The Morgan fingerprint density at radius 3 is 2.44 bits per heavy atom. The van der Waals surface area contributed by atoms with Gasteiger partial charge in [-0.15, -0.1) is 0 Å². The third-order valence-electron chi connectivity index (χ3n) is 2.43. The first-order valence-corrected chi connectivity index (χ1v) is 5.22. The zero-order valence-electron chi connectivity index (χ0n) is 9.47. The third kappa shape index (κ3) is 2.97. The van der Waals surface area contributed by atoms with Crippen LogP contribution in [0.4, 0.5) is 0 Å². The average Bonchev–Trinajstić information content (AvgIpc) is 2.22. The molecular weight excluding hydrogens is 206 g/mol. The minimum absolute atomic E-state index is 0.00688. The molecule has 0 bridgehead atoms. The normalized spacial score (nSPS) is 12.8. The Morgan fingerprint density at radius 1 is 1.31 bits per heavy atom. The Hall–Kier alpha value is -1.55. The van der Waals surface area contributed by atoms with Crippen molar-refractivity contribution in [3.8, 4) is 11.5 Å². The van der Waals surface area contributed by atoms with Crippen LogP contribution in [0, 0.1) is 5.92 Å². The molecule has 1 aromatic carbocycles. The summed E-state index contributed by atoms with van der Waals surface area (Å²) >= 11 is 0. The lowest BCUT2D eigenvalue weighted by Crippen LogP contribution is -2.35. The number of phenolic OH excluding ortho intramolecular Hbond substituents is 2. The summed E-state index contributed by atoms with van der Waals surface area (Å²) in [5.41, 5.74) is 6.48. The molecule has 0 saturated heterocycles. The van der Waals surface area contributed by atoms with Gasteiger partial charge in [-0.05, 0) is 24.1 Å². The van der Waals surface area contributed by atoms with E-state index in [9.17, 15) is 9.90 Å². The molecule has 0 amide bonds. The standard InChI is InChI=1S/C12H17NO3/c1-7(2)12(16)9(13)5-8-3-4-10(14)11(15)6-8/h3-4,6-7,9,14-15H,5,13H2,1-2H3/t9-/m0/s1. The average molecular weight is 223 g/mol. The minimum Gasteiger partial charge on any atom is -0.504 e. The molecule has 88 valence electrons. The van der Waals surface area contributed by atoms with Gasteiger partial charge in [-0.25, -0.2) is 0 Å². The van der Waals surface area contributed by atoms with Crippen LogP contribution >= 0.6 is 0 Å². The van der Waals surface area contributed by atoms with Crippen molar-refractivity contribution in [2.45, 2.75) is 26.3 Å². The van der Waals surface area contributed by atoms with E-state index in [1.165, 1.54) is 12.1 Å². The zero-order chi connectivity index (χ0) is 12.3. The maximum Gasteiger partial charge on any atom is 0.157 e. The molecule has 0 heterocycles. The zero-order valence-corrected chi connectivity index (χ0v) is 9.47. The van der Waals surface area contributed by atoms with Crippen LogP contribution < -0.4 is 5.73 Å². The smallest absolute Gasteiger partial charge is 0.157 e. The summed E-state index contributed by atoms with van der Waals surface area (Å²) in [4.78, 5) is 11.6. The lowest BCUT2D eigenvalue weighted by Gasteiger charge is -2.13. The van der Waals surface area contributed by atoms with E-state index in [4.69, 9.17) is 10.8 Å². The van der Waals surface area contributed by atoms with Crippen LogP contribution in [0.2, 0.25) is 0 Å². The predicted octanol–water partition coefficient (Wildman–Crippen LogP) is 1.19. The van der Waals surface area contributed by atoms with Crippen molar-refractivity contribution in [3.63, 3.8) is 0 Å². The number of ketones is 1. The molecule has 1 rings (SSSR count). The number of carbonyl (C=O) groups excluding carboxylic acids is 1. The van der Waals surface area contributed by atoms with E-state index in [-0.39, 0.29) is 23.2 Å². The molecule has 1 aromatic rings. The van der Waals surface area contributed by atoms with Gasteiger partial charge in [0.1, 0.15) is 0 Å². The molecule has 0 saturated carbocycles. The highest BCUT2D eigenvalue weighted by molar-refractivity contribution is 5.85. The van der Waals surface area contributed by atoms with Crippen molar-refractivity contribution in [1.29, 1.82) is 0 Å². The summed E-state index contributed by atoms with van der Waals surface area (Å²) in [6, 6.07) is 3.88. The second-order valence-electron chi connectivity index (χ2n) is 4.19. The van der Waals surface area contributed by atoms with E-state index in [2.05, 4.69) is 0 Å². The fourth-order valence-corrected chi connectivity index (χ4v) is 1.48. The van der Waals surface area contributed by atoms with E-state index in [1.807, 2.05) is 0 Å². The number of carbonyl (C=O) groups is 1. The molecule has 16 heavy (non-hydrogen) atoms. The Labute approximate surface area is 94.7 Å². The summed E-state index contributed by atoms with van der Waals surface area (Å²) in [5, 5.41) is 18.4. The van der Waals surface area contributed by atoms with Gasteiger partial charge in [-0.3, -0.25) is 4.79 Å². The Bertz CT molecular complexity index is 388. The summed E-state index contributed by atoms with van der Waals surface area (Å²) in [6.07, 6.45) is 0.366. The number of rotatable bonds is 4. The van der Waals surface area contributed by atoms with E-state index in [0.717, 1.165) is 5.56 Å². The van der Waals surface area contributed by atoms with Crippen molar-refractivity contribution in [1.82, 2.24) is 0 Å². The van der Waals surface area contributed by atoms with Crippen LogP contribution in [0.1, 0.15) is 19.4 Å². The number of aromatic hydroxyl groups is 2. The molecule has 0 spiro atoms. The van der Waals surface area contributed by atoms with Crippen molar-refractivity contribution in [2.24, 2.45) is 11.7 Å². The highest BCUT2D eigenvalue weighted by Gasteiger charge is 2.17. The molecule has 4 N–H and O–H groups in total. The van der Waals surface area contributed by atoms with E-state index in [0.29, 0.717) is 6.42 Å². The van der Waals surface area contributed by atoms with Gasteiger partial charge >= 0.3 is 0 Å². The molecule has 0 unspecified atom stereocenters. The van der Waals surface area contributed by atoms with Gasteiger partial charge in [0.2, 0.25) is 0 Å². The Kier molecular flexibility index (Phi) is 3.90. The predicted molar refractivity (Wildman–Crippen MR) is 61.3 cm³/mol. The molecular formula is C12H17NO3. The first-order valence-electron chi connectivity index (χ1n) is 5.22. The largest absolute Gasteiger partial charge is 0.504 e. The van der Waals surface area contributed by atoms with Crippen LogP contribution in [-0.2, 0) is 11.2 Å². The Balaban J connectivity index is 2.73. The molecule has 0 aliphatic rings. The second-order valence-corrected chi connectivity index (χ2v) is 4.19. The molecule has 0 aliphatic carbocycles. The molecule has 0 radical (unpaired) electrons. The topological polar surface area (TPSA) is 83.6 Å². The van der Waals surface area contributed by atoms with Crippen LogP contribution in [0.5, 0.6) is 11.5 Å². The number of nitrogens with two attached hydrogens (primary N) is 1. The maximum atomic E-state index is 11.6. The summed E-state index contributed by atoms with van der Waals surface area (Å²) < 4.78 is 0. The molecule has 4 nitrogen and oxygen atoms in total. The highest BCUT2D eigenvalue weighted by Crippen LogP contribution is 2.25. The lowest BCUT2D eigenvalue weighted by molar-refractivity contribution is -0.123. The van der Waals surface area contributed by atoms with Gasteiger partial charge in [-0.1, -0.05) is 19.9 Å². The van der Waals surface area contributed by atoms with E-state index >= 15 is 0 Å². The van der Waals surface area contributed by atoms with Crippen molar-refractivity contribution < 1.29 is 15.0 Å². The van der Waals surface area contributed by atoms with Crippen LogP contribution in [0.25, 0.3) is 0 Å². The summed E-state index contributed by atoms with van der Waals surface area (Å²) in [5.74, 6) is -0.470. The number of hydrogen-bond donors (Lipinski definition) is 3. The fourth-order valence-electron chi connectivity index (χ4n) is 1.48. The third-order valence-corrected chi connectivity index (χ3v) is 2.43. The van der Waals surface area contributed by atoms with Gasteiger partial charge in [-0.2, -0.15) is 0 Å². The molecule has 4 heteroatoms. The quantitative estimate of drug-likeness (QED) is 0.669. The lowest BCUT2D eigenvalue weighted by atomic mass is 9.96. The van der Waals surface area contributed by atoms with Gasteiger partial charge in [0.05, 0.1) is 6.04 Å². The minimum atomic E-state index is -0.566. The molecule has 0 fully saturated rings. The van der Waals surface area contributed by atoms with Gasteiger partial charge in [0.25, 0.3) is 0 Å². The van der Waals surface area contributed by atoms with Crippen LogP contribution in [0.3, 0.4) is 0 Å². The van der Waals surface area contributed by atoms with E-state index in [1.54, 1.807) is 19.9 Å². The van der Waals surface area contributed by atoms with E-state index < -0.39 is 6.04 Å². The maximum absolute atomic E-state index is 11.6. The SMILES string of the molecule is CC(C)C(=O)[C@@H](N)Cc1ccc(O)c(O)c1. The first kappa shape index (κ1) is 12.5. The highest BCUT2D eigenvalue weighted by atomic mass is 16.3. The summed E-state index contributed by atoms with van der Waals surface area (Å²) in [7, 11) is 0. The second kappa shape index (κ2) is 4.99. The molecule has 0 aromatic heterocycles. The van der Waals surface area contributed by atoms with Gasteiger partial charge < -0.3 is 15.9 Å². The monoisotopic (exact) mass is 223 g/mol. The van der Waals surface area contributed by atoms with Gasteiger partial charge in [0, 0.05) is 5.92 Å². The number of benzene rings is 1. The fraction of sp³-hybridized carbons (Fsp3) is 0.417. The molecule has 1 atom stereocenters. The Morgan fingerprint density at radius 2 is 1.94 bits per heavy atom. The van der Waals surface area contributed by atoms with Gasteiger partial charge in [0.15, 0.2) is 17.3 Å². The number of phenols is 2. The first-order chi connectivity index (χ1) is 7.41. The van der Waals surface area contributed by atoms with Crippen LogP contribution in [-0.4, -0.2) is 22.0 Å². The molecule has 0 aliphatic heterocycles. The van der Waals surface area contributed by atoms with Crippen molar-refractivity contribution in [2.75, 3.05) is 0 Å². The van der Waals surface area contributed by atoms with Crippen molar-refractivity contribution >= 4 is 5.78 Å². The van der Waals surface area contributed by atoms with Crippen molar-refractivity contribution in [3.05, 3.63) is 23.8 Å². The number of hydrogen-bond acceptors (Lipinski definition) is 4.